The molecule has 2 aromatic rings. The van der Waals surface area contributed by atoms with Crippen molar-refractivity contribution in [3.05, 3.63) is 83.0 Å². The van der Waals surface area contributed by atoms with Crippen molar-refractivity contribution in [2.75, 3.05) is 13.2 Å². The van der Waals surface area contributed by atoms with Gasteiger partial charge >= 0.3 is 24.2 Å². The highest BCUT2D eigenvalue weighted by Crippen LogP contribution is 2.26. The van der Waals surface area contributed by atoms with Gasteiger partial charge in [0, 0.05) is 24.0 Å². The summed E-state index contributed by atoms with van der Waals surface area (Å²) in [6.07, 6.45) is 19.3. The predicted octanol–water partition coefficient (Wildman–Crippen LogP) is 12.1. The second kappa shape index (κ2) is 28.1. The molecule has 2 rings (SSSR count). The van der Waals surface area contributed by atoms with Crippen LogP contribution in [0.5, 0.6) is 11.5 Å². The van der Waals surface area contributed by atoms with Crippen molar-refractivity contribution in [2.45, 2.75) is 156 Å². The molecule has 0 fully saturated rings. The Bertz CT molecular complexity index is 1400. The SMILES string of the molecule is C=C(C)C(=O)Oc1cc(CCCCCCCCCC)ccc1CCOC(=O)OC(=O)OCCc1ccc(CCCCCCCCCC)cc1OC(=O)C(=C)C. The predicted molar refractivity (Wildman–Crippen MR) is 218 cm³/mol. The van der Waals surface area contributed by atoms with E-state index < -0.39 is 24.2 Å². The lowest BCUT2D eigenvalue weighted by atomic mass is 10.0. The molecule has 0 amide bonds. The van der Waals surface area contributed by atoms with Crippen molar-refractivity contribution < 1.29 is 42.9 Å². The van der Waals surface area contributed by atoms with E-state index in [2.05, 4.69) is 31.7 Å². The molecule has 0 unspecified atom stereocenters. The summed E-state index contributed by atoms with van der Waals surface area (Å²) in [5.41, 5.74) is 3.98. The van der Waals surface area contributed by atoms with Gasteiger partial charge in [-0.05, 0) is 73.9 Å². The summed E-state index contributed by atoms with van der Waals surface area (Å²) in [5.74, 6) is -0.305. The van der Waals surface area contributed by atoms with Gasteiger partial charge < -0.3 is 23.7 Å². The third-order valence-electron chi connectivity index (χ3n) is 9.35. The van der Waals surface area contributed by atoms with Crippen LogP contribution in [0.1, 0.15) is 153 Å². The first-order valence-electron chi connectivity index (χ1n) is 20.5. The van der Waals surface area contributed by atoms with Crippen molar-refractivity contribution in [1.82, 2.24) is 0 Å². The zero-order chi connectivity index (χ0) is 40.3. The number of aryl methyl sites for hydroxylation is 2. The molecule has 0 saturated heterocycles. The number of hydrogen-bond acceptors (Lipinski definition) is 9. The minimum atomic E-state index is -1.21. The molecule has 0 saturated carbocycles. The van der Waals surface area contributed by atoms with Crippen LogP contribution >= 0.6 is 0 Å². The normalized spacial score (nSPS) is 10.8. The molecule has 0 spiro atoms. The average molecular weight is 763 g/mol. The highest BCUT2D eigenvalue weighted by atomic mass is 16.8. The summed E-state index contributed by atoms with van der Waals surface area (Å²) in [5, 5.41) is 0. The van der Waals surface area contributed by atoms with Crippen molar-refractivity contribution in [3.8, 4) is 11.5 Å². The van der Waals surface area contributed by atoms with Crippen LogP contribution < -0.4 is 9.47 Å². The minimum absolute atomic E-state index is 0.121. The molecule has 2 aromatic carbocycles. The molecule has 0 aromatic heterocycles. The first-order valence-corrected chi connectivity index (χ1v) is 20.5. The van der Waals surface area contributed by atoms with E-state index in [9.17, 15) is 19.2 Å². The molecule has 9 heteroatoms. The van der Waals surface area contributed by atoms with E-state index >= 15 is 0 Å². The number of hydrogen-bond donors (Lipinski definition) is 0. The maximum atomic E-state index is 12.4. The van der Waals surface area contributed by atoms with Crippen molar-refractivity contribution >= 4 is 24.2 Å². The van der Waals surface area contributed by atoms with Crippen LogP contribution in [-0.4, -0.2) is 37.5 Å². The zero-order valence-electron chi connectivity index (χ0n) is 34.1. The topological polar surface area (TPSA) is 114 Å². The van der Waals surface area contributed by atoms with E-state index in [0.717, 1.165) is 49.7 Å². The average Bonchev–Trinajstić information content (AvgIpc) is 3.15. The molecule has 0 radical (unpaired) electrons. The molecule has 0 atom stereocenters. The molecular weight excluding hydrogens is 696 g/mol. The van der Waals surface area contributed by atoms with Gasteiger partial charge in [-0.3, -0.25) is 0 Å². The second-order valence-electron chi connectivity index (χ2n) is 14.5. The number of carbonyl (C=O) groups excluding carboxylic acids is 4. The fourth-order valence-electron chi connectivity index (χ4n) is 6.03. The molecule has 55 heavy (non-hydrogen) atoms. The van der Waals surface area contributed by atoms with E-state index in [1.54, 1.807) is 13.8 Å². The zero-order valence-corrected chi connectivity index (χ0v) is 34.1. The number of ether oxygens (including phenoxy) is 5. The van der Waals surface area contributed by atoms with Gasteiger partial charge in [-0.15, -0.1) is 0 Å². The Kier molecular flexibility index (Phi) is 23.9. The molecule has 0 aliphatic carbocycles. The lowest BCUT2D eigenvalue weighted by Gasteiger charge is -2.13. The summed E-state index contributed by atoms with van der Waals surface area (Å²) < 4.78 is 26.1. The van der Waals surface area contributed by atoms with E-state index in [0.29, 0.717) is 22.6 Å². The summed E-state index contributed by atoms with van der Waals surface area (Å²) in [6.45, 7) is 14.7. The van der Waals surface area contributed by atoms with Crippen LogP contribution in [0.15, 0.2) is 60.7 Å². The molecular formula is C46H66O9. The number of carbonyl (C=O) groups is 4. The fraction of sp³-hybridized carbons (Fsp3) is 0.565. The number of esters is 2. The molecule has 304 valence electrons. The first-order chi connectivity index (χ1) is 26.5. The Balaban J connectivity index is 1.84. The Morgan fingerprint density at radius 3 is 1.18 bits per heavy atom. The Hall–Kier alpha value is -4.40. The van der Waals surface area contributed by atoms with Gasteiger partial charge in [-0.1, -0.05) is 141 Å². The van der Waals surface area contributed by atoms with Crippen LogP contribution in [0.25, 0.3) is 0 Å². The largest absolute Gasteiger partial charge is 0.518 e. The van der Waals surface area contributed by atoms with E-state index in [1.807, 2.05) is 36.4 Å². The molecule has 9 nitrogen and oxygen atoms in total. The smallest absolute Gasteiger partial charge is 0.434 e. The summed E-state index contributed by atoms with van der Waals surface area (Å²) in [7, 11) is 0. The molecule has 0 N–H and O–H groups in total. The Labute approximate surface area is 330 Å². The van der Waals surface area contributed by atoms with Crippen LogP contribution in [0, 0.1) is 0 Å². The van der Waals surface area contributed by atoms with Gasteiger partial charge in [0.15, 0.2) is 0 Å². The molecule has 0 heterocycles. The van der Waals surface area contributed by atoms with Crippen LogP contribution in [0.4, 0.5) is 9.59 Å². The highest BCUT2D eigenvalue weighted by molar-refractivity contribution is 5.89. The summed E-state index contributed by atoms with van der Waals surface area (Å²) in [6, 6.07) is 11.4. The van der Waals surface area contributed by atoms with E-state index in [4.69, 9.17) is 18.9 Å². The maximum Gasteiger partial charge on any atom is 0.518 e. The van der Waals surface area contributed by atoms with Crippen LogP contribution in [0.3, 0.4) is 0 Å². The van der Waals surface area contributed by atoms with Crippen molar-refractivity contribution in [1.29, 1.82) is 0 Å². The minimum Gasteiger partial charge on any atom is -0.434 e. The summed E-state index contributed by atoms with van der Waals surface area (Å²) in [4.78, 5) is 49.3. The van der Waals surface area contributed by atoms with Gasteiger partial charge in [-0.2, -0.15) is 0 Å². The van der Waals surface area contributed by atoms with Gasteiger partial charge in [0.05, 0.1) is 13.2 Å². The molecule has 0 bridgehead atoms. The van der Waals surface area contributed by atoms with Gasteiger partial charge in [0.25, 0.3) is 0 Å². The highest BCUT2D eigenvalue weighted by Gasteiger charge is 2.17. The first kappa shape index (κ1) is 46.8. The quantitative estimate of drug-likeness (QED) is 0.0275. The Morgan fingerprint density at radius 2 is 0.836 bits per heavy atom. The van der Waals surface area contributed by atoms with Gasteiger partial charge in [-0.25, -0.2) is 19.2 Å². The monoisotopic (exact) mass is 762 g/mol. The number of rotatable bonds is 28. The van der Waals surface area contributed by atoms with Crippen molar-refractivity contribution in [3.63, 3.8) is 0 Å². The summed E-state index contributed by atoms with van der Waals surface area (Å²) >= 11 is 0. The molecule has 0 aliphatic heterocycles. The van der Waals surface area contributed by atoms with Crippen molar-refractivity contribution in [2.24, 2.45) is 0 Å². The lowest BCUT2D eigenvalue weighted by molar-refractivity contribution is -0.131. The molecule has 0 aliphatic rings. The van der Waals surface area contributed by atoms with E-state index in [-0.39, 0.29) is 37.2 Å². The third kappa shape index (κ3) is 20.7. The van der Waals surface area contributed by atoms with Crippen LogP contribution in [0.2, 0.25) is 0 Å². The Morgan fingerprint density at radius 1 is 0.491 bits per heavy atom. The lowest BCUT2D eigenvalue weighted by Crippen LogP contribution is -2.18. The fourth-order valence-corrected chi connectivity index (χ4v) is 6.03. The third-order valence-corrected chi connectivity index (χ3v) is 9.35. The van der Waals surface area contributed by atoms with Crippen LogP contribution in [-0.2, 0) is 49.5 Å². The number of unbranched alkanes of at least 4 members (excludes halogenated alkanes) is 14. The standard InChI is InChI=1S/C46H66O9/c1-7-9-11-13-15-17-19-21-23-37-25-27-39(41(33-37)53-43(47)35(3)4)29-31-51-45(49)55-46(50)52-32-30-40-28-26-38(34-42(40)54-44(48)36(5)6)24-22-20-18-16-14-12-10-8-2/h25-28,33-34H,3,5,7-24,29-32H2,1-2,4,6H3. The number of benzene rings is 2. The van der Waals surface area contributed by atoms with Gasteiger partial charge in [0.1, 0.15) is 11.5 Å². The van der Waals surface area contributed by atoms with E-state index in [1.165, 1.54) is 77.0 Å². The van der Waals surface area contributed by atoms with Gasteiger partial charge in [0.2, 0.25) is 0 Å². The maximum absolute atomic E-state index is 12.4. The second-order valence-corrected chi connectivity index (χ2v) is 14.5.